The quantitative estimate of drug-likeness (QED) is 0.214. The topological polar surface area (TPSA) is 128 Å². The maximum Gasteiger partial charge on any atom is 0.337 e. The molecule has 14 atom stereocenters. The van der Waals surface area contributed by atoms with Crippen molar-refractivity contribution in [1.29, 1.82) is 0 Å². The van der Waals surface area contributed by atoms with Crippen molar-refractivity contribution in [3.63, 3.8) is 0 Å². The largest absolute Gasteiger partial charge is 0.467 e. The lowest BCUT2D eigenvalue weighted by Crippen LogP contribution is -2.55. The minimum Gasteiger partial charge on any atom is -0.467 e. The Hall–Kier alpha value is -1.44. The zero-order valence-corrected chi connectivity index (χ0v) is 28.1. The van der Waals surface area contributed by atoms with Crippen molar-refractivity contribution >= 4 is 11.8 Å². The van der Waals surface area contributed by atoms with Gasteiger partial charge in [0, 0.05) is 57.3 Å². The molecule has 0 saturated carbocycles. The minimum atomic E-state index is -0.890. The molecule has 2 saturated heterocycles. The van der Waals surface area contributed by atoms with Gasteiger partial charge in [0.25, 0.3) is 0 Å². The molecular weight excluding hydrogens is 560 g/mol. The van der Waals surface area contributed by atoms with E-state index in [-0.39, 0.29) is 66.2 Å². The van der Waals surface area contributed by atoms with E-state index in [0.717, 1.165) is 5.57 Å². The molecule has 2 aliphatic heterocycles. The first kappa shape index (κ1) is 37.7. The number of carbonyl (C=O) groups excluding carboxylic acids is 2. The van der Waals surface area contributed by atoms with Gasteiger partial charge in [0.2, 0.25) is 0 Å². The van der Waals surface area contributed by atoms with E-state index >= 15 is 0 Å². The number of ether oxygens (including phenoxy) is 8. The van der Waals surface area contributed by atoms with Gasteiger partial charge in [0.05, 0.1) is 44.2 Å². The van der Waals surface area contributed by atoms with Gasteiger partial charge in [-0.3, -0.25) is 4.79 Å². The lowest BCUT2D eigenvalue weighted by Gasteiger charge is -2.45. The Bertz CT molecular complexity index is 908. The predicted molar refractivity (Wildman–Crippen MR) is 159 cm³/mol. The van der Waals surface area contributed by atoms with Gasteiger partial charge in [-0.1, -0.05) is 33.8 Å². The smallest absolute Gasteiger partial charge is 0.337 e. The monoisotopic (exact) mass is 616 g/mol. The third kappa shape index (κ3) is 9.53. The van der Waals surface area contributed by atoms with Crippen molar-refractivity contribution < 1.29 is 52.6 Å². The molecule has 0 aromatic heterocycles. The molecule has 1 unspecified atom stereocenters. The van der Waals surface area contributed by atoms with Crippen LogP contribution in [0.15, 0.2) is 11.6 Å². The van der Waals surface area contributed by atoms with Crippen LogP contribution in [-0.4, -0.2) is 107 Å². The fourth-order valence-corrected chi connectivity index (χ4v) is 6.68. The number of esters is 1. The number of aliphatic hydroxyl groups excluding tert-OH is 1. The molecule has 0 aromatic carbocycles. The summed E-state index contributed by atoms with van der Waals surface area (Å²) in [7, 11) is 6.01. The summed E-state index contributed by atoms with van der Waals surface area (Å²) < 4.78 is 46.0. The van der Waals surface area contributed by atoms with Crippen molar-refractivity contribution in [3.05, 3.63) is 11.6 Å². The maximum atomic E-state index is 13.5. The van der Waals surface area contributed by atoms with Crippen LogP contribution in [0.2, 0.25) is 0 Å². The minimum absolute atomic E-state index is 0.0391. The van der Waals surface area contributed by atoms with E-state index in [1.807, 2.05) is 47.6 Å². The molecule has 43 heavy (non-hydrogen) atoms. The molecule has 0 aromatic rings. The number of ketones is 1. The Morgan fingerprint density at radius 3 is 1.95 bits per heavy atom. The Morgan fingerprint density at radius 2 is 1.42 bits per heavy atom. The number of methoxy groups -OCH3 is 4. The number of carbonyl (C=O) groups is 2. The Labute approximate surface area is 257 Å². The van der Waals surface area contributed by atoms with E-state index in [0.29, 0.717) is 6.61 Å². The summed E-state index contributed by atoms with van der Waals surface area (Å²) in [4.78, 5) is 25.9. The lowest BCUT2D eigenvalue weighted by molar-refractivity contribution is -0.289. The molecule has 2 fully saturated rings. The second-order valence-electron chi connectivity index (χ2n) is 12.3. The molecule has 0 radical (unpaired) electrons. The fourth-order valence-electron chi connectivity index (χ4n) is 6.68. The highest BCUT2D eigenvalue weighted by atomic mass is 16.7. The maximum absolute atomic E-state index is 13.5. The van der Waals surface area contributed by atoms with Crippen molar-refractivity contribution in [2.45, 2.75) is 117 Å². The highest BCUT2D eigenvalue weighted by Crippen LogP contribution is 2.36. The van der Waals surface area contributed by atoms with Crippen LogP contribution in [0.5, 0.6) is 0 Å². The zero-order chi connectivity index (χ0) is 32.6. The van der Waals surface area contributed by atoms with Crippen LogP contribution in [0.3, 0.4) is 0 Å². The summed E-state index contributed by atoms with van der Waals surface area (Å²) in [6, 6.07) is 0. The number of hydrogen-bond acceptors (Lipinski definition) is 11. The molecule has 2 aliphatic rings. The highest BCUT2D eigenvalue weighted by molar-refractivity contribution is 5.83. The fraction of sp³-hybridized carbons (Fsp3) is 0.875. The van der Waals surface area contributed by atoms with Gasteiger partial charge in [-0.25, -0.2) is 4.79 Å². The van der Waals surface area contributed by atoms with E-state index in [1.54, 1.807) is 28.1 Å². The first-order valence-corrected chi connectivity index (χ1v) is 15.3. The van der Waals surface area contributed by atoms with E-state index < -0.39 is 36.9 Å². The Balaban J connectivity index is 2.17. The molecule has 250 valence electrons. The van der Waals surface area contributed by atoms with Crippen LogP contribution in [0.4, 0.5) is 0 Å². The molecule has 0 aliphatic carbocycles. The summed E-state index contributed by atoms with van der Waals surface area (Å²) in [5.74, 6) is -1.57. The van der Waals surface area contributed by atoms with Crippen LogP contribution in [0.25, 0.3) is 0 Å². The third-order valence-electron chi connectivity index (χ3n) is 9.06. The van der Waals surface area contributed by atoms with Crippen LogP contribution in [0.1, 0.15) is 61.8 Å². The van der Waals surface area contributed by atoms with Crippen molar-refractivity contribution in [3.8, 4) is 0 Å². The van der Waals surface area contributed by atoms with Gasteiger partial charge in [-0.05, 0) is 33.3 Å². The van der Waals surface area contributed by atoms with Gasteiger partial charge >= 0.3 is 5.97 Å². The van der Waals surface area contributed by atoms with Crippen LogP contribution in [0, 0.1) is 29.6 Å². The highest BCUT2D eigenvalue weighted by Gasteiger charge is 2.47. The first-order valence-electron chi connectivity index (χ1n) is 15.3. The number of Topliss-reactive ketones (excluding diaryl/α,β-unsaturated/α-hetero) is 1. The molecule has 0 spiro atoms. The Morgan fingerprint density at radius 1 is 0.837 bits per heavy atom. The molecule has 2 heterocycles. The van der Waals surface area contributed by atoms with Gasteiger partial charge in [-0.2, -0.15) is 0 Å². The summed E-state index contributed by atoms with van der Waals surface area (Å²) >= 11 is 0. The van der Waals surface area contributed by atoms with E-state index in [2.05, 4.69) is 0 Å². The van der Waals surface area contributed by atoms with E-state index in [9.17, 15) is 14.7 Å². The van der Waals surface area contributed by atoms with Crippen LogP contribution < -0.4 is 0 Å². The average Bonchev–Trinajstić information content (AvgIpc) is 2.95. The van der Waals surface area contributed by atoms with Crippen molar-refractivity contribution in [2.24, 2.45) is 29.6 Å². The van der Waals surface area contributed by atoms with Gasteiger partial charge in [-0.15, -0.1) is 0 Å². The van der Waals surface area contributed by atoms with Crippen molar-refractivity contribution in [2.75, 3.05) is 35.0 Å². The lowest BCUT2D eigenvalue weighted by atomic mass is 9.80. The summed E-state index contributed by atoms with van der Waals surface area (Å²) in [6.45, 7) is 15.5. The number of allylic oxidation sites excluding steroid dienone is 1. The van der Waals surface area contributed by atoms with Crippen LogP contribution in [-0.2, 0) is 47.5 Å². The molecule has 2 rings (SSSR count). The predicted octanol–water partition coefficient (Wildman–Crippen LogP) is 3.54. The Kier molecular flexibility index (Phi) is 15.2. The molecule has 1 N–H and O–H groups in total. The summed E-state index contributed by atoms with van der Waals surface area (Å²) in [5, 5.41) is 10.4. The third-order valence-corrected chi connectivity index (χ3v) is 9.06. The van der Waals surface area contributed by atoms with Gasteiger partial charge in [0.1, 0.15) is 11.9 Å². The first-order chi connectivity index (χ1) is 20.2. The van der Waals surface area contributed by atoms with E-state index in [1.165, 1.54) is 14.2 Å². The molecule has 0 bridgehead atoms. The van der Waals surface area contributed by atoms with E-state index in [4.69, 9.17) is 37.9 Å². The van der Waals surface area contributed by atoms with Gasteiger partial charge in [0.15, 0.2) is 18.7 Å². The average molecular weight is 617 g/mol. The zero-order valence-electron chi connectivity index (χ0n) is 28.1. The number of hydrogen-bond donors (Lipinski definition) is 1. The molecule has 11 nitrogen and oxygen atoms in total. The molecular formula is C32H56O11. The molecule has 0 amide bonds. The second-order valence-corrected chi connectivity index (χ2v) is 12.3. The number of aliphatic hydroxyl groups is 1. The standard InChI is InChI=1S/C32H56O11/c1-16(25(34)14-26-18(3)29(42-22(7)40-26)24(15-36-9)21(6)33)13-17(2)27(37-10)19(4)28-20(5)30(43-23(8)41-28)31(38-11)32(35)39-12/h13,16,18-24,26-31,33H,14-15H2,1-12H3/b17-13+/t16-,18+,19+,20+,21?,22-,23-,24+,26-,27-,28-,29-,30-,31+/m0/s1. The second kappa shape index (κ2) is 17.3. The summed E-state index contributed by atoms with van der Waals surface area (Å²) in [6.07, 6.45) is -2.34. The normalized spacial score (nSPS) is 34.5. The van der Waals surface area contributed by atoms with Crippen molar-refractivity contribution in [1.82, 2.24) is 0 Å². The number of rotatable bonds is 15. The van der Waals surface area contributed by atoms with Gasteiger partial charge < -0.3 is 43.0 Å². The SMILES string of the molecule is COC[C@H](C(C)O)[C@H]1O[C@@H](C)O[C@@H](CC(=O)[C@@H](C)/C=C(\C)[C@H](OC)[C@@H](C)[C@@H]2O[C@H](C)O[C@H]([C@@H](OC)C(=O)OC)[C@@H]2C)[C@H]1C. The molecule has 11 heteroatoms. The summed E-state index contributed by atoms with van der Waals surface area (Å²) in [5.41, 5.74) is 0.903. The van der Waals surface area contributed by atoms with Crippen LogP contribution >= 0.6 is 0 Å².